The molecule has 3 aliphatic rings. The van der Waals surface area contributed by atoms with Crippen molar-refractivity contribution in [2.24, 2.45) is 4.99 Å². The lowest BCUT2D eigenvalue weighted by atomic mass is 9.84. The number of imidazole rings is 1. The van der Waals surface area contributed by atoms with Gasteiger partial charge in [-0.05, 0) is 89.8 Å². The molecule has 0 fully saturated rings. The third-order valence-corrected chi connectivity index (χ3v) is 7.49. The maximum Gasteiger partial charge on any atom is 0.133 e. The molecule has 4 heteroatoms. The summed E-state index contributed by atoms with van der Waals surface area (Å²) in [5.74, 6) is 1.93. The van der Waals surface area contributed by atoms with Gasteiger partial charge in [0.15, 0.2) is 0 Å². The van der Waals surface area contributed by atoms with Gasteiger partial charge in [0.1, 0.15) is 18.2 Å². The highest BCUT2D eigenvalue weighted by atomic mass is 16.5. The molecule has 3 aromatic rings. The fourth-order valence-corrected chi connectivity index (χ4v) is 5.63. The summed E-state index contributed by atoms with van der Waals surface area (Å²) in [6.07, 6.45) is 14.7. The molecule has 0 saturated carbocycles. The third kappa shape index (κ3) is 4.05. The van der Waals surface area contributed by atoms with Gasteiger partial charge in [-0.1, -0.05) is 44.2 Å². The zero-order chi connectivity index (χ0) is 24.6. The first-order chi connectivity index (χ1) is 17.6. The van der Waals surface area contributed by atoms with Crippen molar-refractivity contribution >= 4 is 16.9 Å². The third-order valence-electron chi connectivity index (χ3n) is 7.49. The minimum Gasteiger partial charge on any atom is -0.488 e. The summed E-state index contributed by atoms with van der Waals surface area (Å²) >= 11 is 0. The Bertz CT molecular complexity index is 1460. The second-order valence-electron chi connectivity index (χ2n) is 9.97. The average molecular weight is 476 g/mol. The Hall–Kier alpha value is -3.66. The summed E-state index contributed by atoms with van der Waals surface area (Å²) in [7, 11) is 0. The van der Waals surface area contributed by atoms with Crippen LogP contribution >= 0.6 is 0 Å². The maximum absolute atomic E-state index is 6.33. The van der Waals surface area contributed by atoms with E-state index in [-0.39, 0.29) is 0 Å². The summed E-state index contributed by atoms with van der Waals surface area (Å²) in [5.41, 5.74) is 13.8. The number of benzene rings is 2. The van der Waals surface area contributed by atoms with E-state index < -0.39 is 0 Å². The topological polar surface area (TPSA) is 50.3 Å². The molecule has 1 aromatic heterocycles. The van der Waals surface area contributed by atoms with Crippen molar-refractivity contribution in [1.82, 2.24) is 9.97 Å². The van der Waals surface area contributed by atoms with E-state index in [9.17, 15) is 0 Å². The standard InChI is InChI=1S/C32H33N3O/c1-4-6-7-9-24-16-27-26-17-31-28(15-21(26)11-13-29(27)34-24)25-12-10-22(14-23(25)19-36-31)30-18-33-32(35-30)20(3)8-5-2/h6-8,10,12,14-15,17-18H,4-5,9,11,13,16,19H2,1-3H3,(H,33,35). The summed E-state index contributed by atoms with van der Waals surface area (Å²) < 4.78 is 6.33. The van der Waals surface area contributed by atoms with Crippen LogP contribution in [-0.2, 0) is 13.0 Å². The number of aromatic amines is 1. The molecular weight excluding hydrogens is 442 g/mol. The zero-order valence-corrected chi connectivity index (χ0v) is 21.4. The van der Waals surface area contributed by atoms with Crippen LogP contribution < -0.4 is 4.74 Å². The number of nitrogens with zero attached hydrogens (tertiary/aromatic N) is 2. The number of ether oxygens (including phenoxy) is 1. The van der Waals surface area contributed by atoms with Gasteiger partial charge in [-0.2, -0.15) is 0 Å². The normalized spacial score (nSPS) is 16.4. The smallest absolute Gasteiger partial charge is 0.133 e. The van der Waals surface area contributed by atoms with Gasteiger partial charge in [0, 0.05) is 29.8 Å². The van der Waals surface area contributed by atoms with E-state index in [1.165, 1.54) is 50.4 Å². The summed E-state index contributed by atoms with van der Waals surface area (Å²) in [6.45, 7) is 7.01. The van der Waals surface area contributed by atoms with Crippen LogP contribution in [0.3, 0.4) is 0 Å². The van der Waals surface area contributed by atoms with E-state index in [4.69, 9.17) is 9.73 Å². The van der Waals surface area contributed by atoms with Gasteiger partial charge < -0.3 is 9.72 Å². The number of aromatic nitrogens is 2. The van der Waals surface area contributed by atoms with Gasteiger partial charge in [0.25, 0.3) is 0 Å². The monoisotopic (exact) mass is 475 g/mol. The number of fused-ring (bicyclic) bond motifs is 5. The number of hydrogen-bond donors (Lipinski definition) is 1. The Morgan fingerprint density at radius 2 is 1.92 bits per heavy atom. The van der Waals surface area contributed by atoms with Gasteiger partial charge >= 0.3 is 0 Å². The van der Waals surface area contributed by atoms with Crippen LogP contribution in [0.4, 0.5) is 0 Å². The molecule has 0 saturated heterocycles. The molecule has 0 spiro atoms. The van der Waals surface area contributed by atoms with Crippen LogP contribution in [0.5, 0.6) is 5.75 Å². The first-order valence-electron chi connectivity index (χ1n) is 13.2. The SMILES string of the molecule is CCC=CCC1=NC2=C(C1)c1cc3c(cc1CC2)-c1ccc(-c2cnc(C(C)=CCC)[nH]2)cc1CO3. The lowest BCUT2D eigenvalue weighted by Crippen LogP contribution is -2.09. The Kier molecular flexibility index (Phi) is 5.96. The number of H-pyrrole nitrogens is 1. The zero-order valence-electron chi connectivity index (χ0n) is 21.4. The molecular formula is C32H33N3O. The summed E-state index contributed by atoms with van der Waals surface area (Å²) in [5, 5.41) is 0. The van der Waals surface area contributed by atoms with Crippen LogP contribution in [0.1, 0.15) is 75.4 Å². The van der Waals surface area contributed by atoms with Crippen molar-refractivity contribution in [3.8, 4) is 28.1 Å². The Labute approximate surface area is 213 Å². The van der Waals surface area contributed by atoms with Crippen LogP contribution in [-0.4, -0.2) is 15.7 Å². The van der Waals surface area contributed by atoms with Crippen molar-refractivity contribution in [1.29, 1.82) is 0 Å². The van der Waals surface area contributed by atoms with Crippen molar-refractivity contribution in [3.63, 3.8) is 0 Å². The van der Waals surface area contributed by atoms with Crippen molar-refractivity contribution in [2.45, 2.75) is 65.9 Å². The van der Waals surface area contributed by atoms with Crippen molar-refractivity contribution in [3.05, 3.63) is 83.0 Å². The molecule has 1 aliphatic carbocycles. The molecule has 36 heavy (non-hydrogen) atoms. The molecule has 2 aliphatic heterocycles. The van der Waals surface area contributed by atoms with E-state index >= 15 is 0 Å². The van der Waals surface area contributed by atoms with Crippen LogP contribution in [0.2, 0.25) is 0 Å². The van der Waals surface area contributed by atoms with Gasteiger partial charge in [-0.25, -0.2) is 4.98 Å². The molecule has 4 nitrogen and oxygen atoms in total. The number of rotatable bonds is 6. The van der Waals surface area contributed by atoms with Gasteiger partial charge in [-0.3, -0.25) is 4.99 Å². The summed E-state index contributed by atoms with van der Waals surface area (Å²) in [4.78, 5) is 13.1. The molecule has 3 heterocycles. The van der Waals surface area contributed by atoms with Gasteiger partial charge in [0.05, 0.1) is 11.9 Å². The molecule has 2 aromatic carbocycles. The lowest BCUT2D eigenvalue weighted by Gasteiger charge is -2.26. The minimum atomic E-state index is 0.584. The summed E-state index contributed by atoms with van der Waals surface area (Å²) in [6, 6.07) is 11.3. The molecule has 0 radical (unpaired) electrons. The highest BCUT2D eigenvalue weighted by molar-refractivity contribution is 6.01. The van der Waals surface area contributed by atoms with Crippen molar-refractivity contribution in [2.75, 3.05) is 0 Å². The molecule has 0 atom stereocenters. The Balaban J connectivity index is 1.29. The van der Waals surface area contributed by atoms with Crippen LogP contribution in [0.15, 0.2) is 65.4 Å². The first-order valence-corrected chi connectivity index (χ1v) is 13.2. The second kappa shape index (κ2) is 9.42. The quantitative estimate of drug-likeness (QED) is 0.364. The minimum absolute atomic E-state index is 0.584. The highest BCUT2D eigenvalue weighted by Crippen LogP contribution is 2.46. The van der Waals surface area contributed by atoms with E-state index in [0.29, 0.717) is 6.61 Å². The first kappa shape index (κ1) is 22.8. The largest absolute Gasteiger partial charge is 0.488 e. The second-order valence-corrected chi connectivity index (χ2v) is 9.97. The number of aliphatic imine (C=N–C) groups is 1. The Morgan fingerprint density at radius 3 is 2.78 bits per heavy atom. The lowest BCUT2D eigenvalue weighted by molar-refractivity contribution is 0.302. The Morgan fingerprint density at radius 1 is 1.00 bits per heavy atom. The van der Waals surface area contributed by atoms with E-state index in [0.717, 1.165) is 61.4 Å². The van der Waals surface area contributed by atoms with Crippen LogP contribution in [0.25, 0.3) is 33.5 Å². The number of allylic oxidation sites excluding steroid dienone is 6. The van der Waals surface area contributed by atoms with Crippen LogP contribution in [0, 0.1) is 0 Å². The van der Waals surface area contributed by atoms with E-state index in [1.807, 2.05) is 6.20 Å². The fraction of sp³-hybridized carbons (Fsp3) is 0.312. The van der Waals surface area contributed by atoms with Gasteiger partial charge in [0.2, 0.25) is 0 Å². The molecule has 0 unspecified atom stereocenters. The van der Waals surface area contributed by atoms with Crippen molar-refractivity contribution < 1.29 is 4.74 Å². The predicted molar refractivity (Wildman–Crippen MR) is 149 cm³/mol. The number of nitrogens with one attached hydrogen (secondary N) is 1. The molecule has 0 bridgehead atoms. The van der Waals surface area contributed by atoms with Gasteiger partial charge in [-0.15, -0.1) is 0 Å². The molecule has 1 N–H and O–H groups in total. The van der Waals surface area contributed by atoms with E-state index in [1.54, 1.807) is 0 Å². The molecule has 182 valence electrons. The maximum atomic E-state index is 6.33. The number of aryl methyl sites for hydroxylation is 1. The predicted octanol–water partition coefficient (Wildman–Crippen LogP) is 8.31. The average Bonchev–Trinajstić information content (AvgIpc) is 3.55. The fourth-order valence-electron chi connectivity index (χ4n) is 5.63. The highest BCUT2D eigenvalue weighted by Gasteiger charge is 2.28. The molecule has 6 rings (SSSR count). The number of hydrogen-bond acceptors (Lipinski definition) is 3. The molecule has 0 amide bonds. The van der Waals surface area contributed by atoms with E-state index in [2.05, 4.69) is 79.3 Å².